The Hall–Kier alpha value is -1.29. The van der Waals surface area contributed by atoms with Gasteiger partial charge in [-0.3, -0.25) is 0 Å². The fourth-order valence-electron chi connectivity index (χ4n) is 0.895. The second-order valence-electron chi connectivity index (χ2n) is 2.58. The molecule has 0 fully saturated rings. The van der Waals surface area contributed by atoms with Crippen molar-refractivity contribution in [2.45, 2.75) is 0 Å². The van der Waals surface area contributed by atoms with Gasteiger partial charge in [-0.15, -0.1) is 0 Å². The van der Waals surface area contributed by atoms with Crippen LogP contribution in [0.3, 0.4) is 0 Å². The summed E-state index contributed by atoms with van der Waals surface area (Å²) in [6, 6.07) is 6.52. The molecule has 0 aromatic heterocycles. The van der Waals surface area contributed by atoms with Crippen LogP contribution in [0, 0.1) is 0 Å². The monoisotopic (exact) mass is 197 g/mol. The van der Waals surface area contributed by atoms with Gasteiger partial charge >= 0.3 is 0 Å². The van der Waals surface area contributed by atoms with Crippen molar-refractivity contribution in [3.8, 4) is 5.75 Å². The quantitative estimate of drug-likeness (QED) is 0.766. The van der Waals surface area contributed by atoms with Crippen LogP contribution in [0.25, 0.3) is 5.70 Å². The van der Waals surface area contributed by atoms with Crippen LogP contribution < -0.4 is 4.72 Å². The summed E-state index contributed by atoms with van der Waals surface area (Å²) in [6.07, 6.45) is 1.53. The molecule has 1 atom stereocenters. The van der Waals surface area contributed by atoms with Crippen molar-refractivity contribution in [1.29, 1.82) is 0 Å². The van der Waals surface area contributed by atoms with Gasteiger partial charge in [0.25, 0.3) is 0 Å². The molecule has 1 aromatic carbocycles. The highest BCUT2D eigenvalue weighted by atomic mass is 32.2. The minimum Gasteiger partial charge on any atom is -0.508 e. The van der Waals surface area contributed by atoms with Gasteiger partial charge in [-0.1, -0.05) is 6.58 Å². The number of rotatable bonds is 3. The Morgan fingerprint density at radius 2 is 2.00 bits per heavy atom. The van der Waals surface area contributed by atoms with Crippen LogP contribution in [-0.4, -0.2) is 15.6 Å². The van der Waals surface area contributed by atoms with Crippen molar-refractivity contribution in [2.75, 3.05) is 6.26 Å². The molecular weight excluding hydrogens is 186 g/mol. The maximum absolute atomic E-state index is 10.8. The molecule has 2 N–H and O–H groups in total. The minimum absolute atomic E-state index is 0.203. The summed E-state index contributed by atoms with van der Waals surface area (Å²) in [7, 11) is -1.11. The Morgan fingerprint density at radius 1 is 1.46 bits per heavy atom. The van der Waals surface area contributed by atoms with Gasteiger partial charge in [0.1, 0.15) is 16.7 Å². The van der Waals surface area contributed by atoms with E-state index in [1.807, 2.05) is 0 Å². The van der Waals surface area contributed by atoms with Gasteiger partial charge in [-0.05, 0) is 29.8 Å². The highest BCUT2D eigenvalue weighted by Gasteiger charge is 1.98. The van der Waals surface area contributed by atoms with E-state index in [9.17, 15) is 4.21 Å². The van der Waals surface area contributed by atoms with Gasteiger partial charge in [-0.25, -0.2) is 4.21 Å². The molecule has 0 spiro atoms. The van der Waals surface area contributed by atoms with E-state index in [-0.39, 0.29) is 5.75 Å². The van der Waals surface area contributed by atoms with E-state index in [1.165, 1.54) is 6.26 Å². The van der Waals surface area contributed by atoms with Crippen LogP contribution in [0.2, 0.25) is 0 Å². The van der Waals surface area contributed by atoms with E-state index in [0.29, 0.717) is 5.70 Å². The third-order valence-electron chi connectivity index (χ3n) is 1.48. The fraction of sp³-hybridized carbons (Fsp3) is 0.111. The summed E-state index contributed by atoms with van der Waals surface area (Å²) >= 11 is 0. The summed E-state index contributed by atoms with van der Waals surface area (Å²) in [5, 5.41) is 9.01. The lowest BCUT2D eigenvalue weighted by molar-refractivity contribution is 0.475. The van der Waals surface area contributed by atoms with Gasteiger partial charge in [0.05, 0.1) is 0 Å². The molecule has 3 nitrogen and oxygen atoms in total. The zero-order valence-corrected chi connectivity index (χ0v) is 8.10. The Morgan fingerprint density at radius 3 is 2.46 bits per heavy atom. The number of nitrogens with one attached hydrogen (secondary N) is 1. The molecule has 0 saturated heterocycles. The maximum atomic E-state index is 10.8. The zero-order chi connectivity index (χ0) is 9.84. The molecule has 70 valence electrons. The predicted octanol–water partition coefficient (Wildman–Crippen LogP) is 1.25. The van der Waals surface area contributed by atoms with Crippen LogP contribution in [-0.2, 0) is 11.0 Å². The lowest BCUT2D eigenvalue weighted by atomic mass is 10.2. The van der Waals surface area contributed by atoms with Gasteiger partial charge in [0.2, 0.25) is 0 Å². The summed E-state index contributed by atoms with van der Waals surface area (Å²) in [4.78, 5) is 0. The van der Waals surface area contributed by atoms with Crippen molar-refractivity contribution >= 4 is 16.7 Å². The van der Waals surface area contributed by atoms with Gasteiger partial charge in [0, 0.05) is 12.0 Å². The first-order valence-corrected chi connectivity index (χ1v) is 5.24. The van der Waals surface area contributed by atoms with Crippen LogP contribution >= 0.6 is 0 Å². The highest BCUT2D eigenvalue weighted by Crippen LogP contribution is 2.14. The second-order valence-corrected chi connectivity index (χ2v) is 3.69. The van der Waals surface area contributed by atoms with E-state index >= 15 is 0 Å². The van der Waals surface area contributed by atoms with Crippen LogP contribution in [0.4, 0.5) is 0 Å². The molecule has 1 rings (SSSR count). The maximum Gasteiger partial charge on any atom is 0.115 e. The van der Waals surface area contributed by atoms with E-state index in [2.05, 4.69) is 11.3 Å². The molecule has 0 aliphatic heterocycles. The molecule has 0 saturated carbocycles. The molecule has 0 heterocycles. The Bertz CT molecular complexity index is 332. The molecule has 4 heteroatoms. The van der Waals surface area contributed by atoms with Crippen molar-refractivity contribution in [1.82, 2.24) is 4.72 Å². The number of benzene rings is 1. The standard InChI is InChI=1S/C9H11NO2S/c1-7(10-13(2)12)8-3-5-9(11)6-4-8/h3-6,10-11H,1H2,2H3. The fourth-order valence-corrected chi connectivity index (χ4v) is 1.36. The van der Waals surface area contributed by atoms with Gasteiger partial charge in [-0.2, -0.15) is 0 Å². The Labute approximate surface area is 79.7 Å². The second kappa shape index (κ2) is 4.09. The average Bonchev–Trinajstić information content (AvgIpc) is 2.04. The SMILES string of the molecule is C=C(NS(C)=O)c1ccc(O)cc1. The van der Waals surface area contributed by atoms with E-state index in [0.717, 1.165) is 5.56 Å². The number of phenols is 1. The largest absolute Gasteiger partial charge is 0.508 e. The lowest BCUT2D eigenvalue weighted by Gasteiger charge is -2.05. The first-order chi connectivity index (χ1) is 6.09. The lowest BCUT2D eigenvalue weighted by Crippen LogP contribution is -2.12. The van der Waals surface area contributed by atoms with Crippen molar-refractivity contribution in [3.63, 3.8) is 0 Å². The van der Waals surface area contributed by atoms with E-state index < -0.39 is 11.0 Å². The third-order valence-corrected chi connectivity index (χ3v) is 2.02. The topological polar surface area (TPSA) is 49.3 Å². The molecule has 0 aliphatic carbocycles. The summed E-state index contributed by atoms with van der Waals surface area (Å²) in [5.41, 5.74) is 1.40. The zero-order valence-electron chi connectivity index (χ0n) is 7.28. The molecule has 0 bridgehead atoms. The van der Waals surface area contributed by atoms with Crippen molar-refractivity contribution in [2.24, 2.45) is 0 Å². The van der Waals surface area contributed by atoms with Gasteiger partial charge in [0.15, 0.2) is 0 Å². The third kappa shape index (κ3) is 2.91. The smallest absolute Gasteiger partial charge is 0.115 e. The molecule has 1 unspecified atom stereocenters. The predicted molar refractivity (Wildman–Crippen MR) is 54.3 cm³/mol. The Kier molecular flexibility index (Phi) is 3.08. The van der Waals surface area contributed by atoms with Crippen molar-refractivity contribution < 1.29 is 9.32 Å². The van der Waals surface area contributed by atoms with E-state index in [4.69, 9.17) is 5.11 Å². The van der Waals surface area contributed by atoms with Crippen molar-refractivity contribution in [3.05, 3.63) is 36.4 Å². The summed E-state index contributed by atoms with van der Waals surface area (Å²) < 4.78 is 13.5. The molecule has 1 aromatic rings. The molecule has 0 aliphatic rings. The molecule has 0 amide bonds. The average molecular weight is 197 g/mol. The molecular formula is C9H11NO2S. The molecule has 0 radical (unpaired) electrons. The summed E-state index contributed by atoms with van der Waals surface area (Å²) in [5.74, 6) is 0.203. The summed E-state index contributed by atoms with van der Waals surface area (Å²) in [6.45, 7) is 3.71. The first kappa shape index (κ1) is 9.80. The number of aromatic hydroxyl groups is 1. The number of phenolic OH excluding ortho intramolecular Hbond substituents is 1. The van der Waals surface area contributed by atoms with Crippen LogP contribution in [0.1, 0.15) is 5.56 Å². The first-order valence-electron chi connectivity index (χ1n) is 3.68. The van der Waals surface area contributed by atoms with Gasteiger partial charge < -0.3 is 9.83 Å². The number of hydrogen-bond donors (Lipinski definition) is 2. The van der Waals surface area contributed by atoms with E-state index in [1.54, 1.807) is 24.3 Å². The number of hydrogen-bond acceptors (Lipinski definition) is 2. The highest BCUT2D eigenvalue weighted by molar-refractivity contribution is 7.82. The Balaban J connectivity index is 2.78. The van der Waals surface area contributed by atoms with Crippen LogP contribution in [0.15, 0.2) is 30.8 Å². The molecule has 13 heavy (non-hydrogen) atoms. The van der Waals surface area contributed by atoms with Crippen LogP contribution in [0.5, 0.6) is 5.75 Å². The normalized spacial score (nSPS) is 12.1. The minimum atomic E-state index is -1.11.